The van der Waals surface area contributed by atoms with Gasteiger partial charge in [-0.15, -0.1) is 0 Å². The fraction of sp³-hybridized carbons (Fsp3) is 0.250. The number of benzene rings is 1. The van der Waals surface area contributed by atoms with E-state index in [-0.39, 0.29) is 11.7 Å². The van der Waals surface area contributed by atoms with Gasteiger partial charge in [0.2, 0.25) is 5.91 Å². The summed E-state index contributed by atoms with van der Waals surface area (Å²) >= 11 is 0. The van der Waals surface area contributed by atoms with Gasteiger partial charge in [-0.25, -0.2) is 0 Å². The molecular weight excluding hydrogens is 266 g/mol. The lowest BCUT2D eigenvalue weighted by atomic mass is 10.1. The third-order valence-electron chi connectivity index (χ3n) is 3.19. The summed E-state index contributed by atoms with van der Waals surface area (Å²) in [5.74, 6) is 0.0766. The molecule has 5 nitrogen and oxygen atoms in total. The number of aromatic nitrogens is 1. The Kier molecular flexibility index (Phi) is 5.29. The number of nitrogens with zero attached hydrogens (tertiary/aromatic N) is 1. The topological polar surface area (TPSA) is 88.2 Å². The van der Waals surface area contributed by atoms with Gasteiger partial charge in [0, 0.05) is 18.9 Å². The number of phenols is 1. The SMILES string of the molecule is N[C@@H](Cc1ccncc1)C(=O)NCCc1ccc(O)cc1. The van der Waals surface area contributed by atoms with E-state index in [1.54, 1.807) is 24.5 Å². The predicted molar refractivity (Wildman–Crippen MR) is 80.7 cm³/mol. The molecule has 0 bridgehead atoms. The Morgan fingerprint density at radius 3 is 2.48 bits per heavy atom. The molecule has 0 aliphatic heterocycles. The van der Waals surface area contributed by atoms with E-state index in [2.05, 4.69) is 10.3 Å². The Bertz CT molecular complexity index is 570. The molecule has 1 heterocycles. The second-order valence-electron chi connectivity index (χ2n) is 4.87. The molecule has 1 aromatic heterocycles. The fourth-order valence-electron chi connectivity index (χ4n) is 1.99. The van der Waals surface area contributed by atoms with Crippen LogP contribution in [0.2, 0.25) is 0 Å². The van der Waals surface area contributed by atoms with Gasteiger partial charge in [0.15, 0.2) is 0 Å². The molecule has 0 saturated heterocycles. The highest BCUT2D eigenvalue weighted by atomic mass is 16.3. The van der Waals surface area contributed by atoms with Crippen molar-refractivity contribution >= 4 is 5.91 Å². The van der Waals surface area contributed by atoms with Crippen LogP contribution in [0.15, 0.2) is 48.8 Å². The summed E-state index contributed by atoms with van der Waals surface area (Å²) in [6.45, 7) is 0.521. The Morgan fingerprint density at radius 2 is 1.81 bits per heavy atom. The highest BCUT2D eigenvalue weighted by Gasteiger charge is 2.13. The van der Waals surface area contributed by atoms with Crippen LogP contribution in [-0.2, 0) is 17.6 Å². The van der Waals surface area contributed by atoms with Crippen molar-refractivity contribution in [3.63, 3.8) is 0 Å². The maximum absolute atomic E-state index is 11.9. The molecule has 0 spiro atoms. The minimum atomic E-state index is -0.563. The molecule has 1 atom stereocenters. The summed E-state index contributed by atoms with van der Waals surface area (Å²) in [5, 5.41) is 12.0. The number of hydrogen-bond acceptors (Lipinski definition) is 4. The molecule has 1 aromatic carbocycles. The van der Waals surface area contributed by atoms with Gasteiger partial charge in [-0.2, -0.15) is 0 Å². The predicted octanol–water partition coefficient (Wildman–Crippen LogP) is 1.02. The minimum absolute atomic E-state index is 0.161. The number of nitrogens with two attached hydrogens (primary N) is 1. The smallest absolute Gasteiger partial charge is 0.237 e. The van der Waals surface area contributed by atoms with Gasteiger partial charge in [-0.1, -0.05) is 12.1 Å². The average molecular weight is 285 g/mol. The number of hydrogen-bond donors (Lipinski definition) is 3. The largest absolute Gasteiger partial charge is 0.508 e. The Hall–Kier alpha value is -2.40. The molecule has 110 valence electrons. The van der Waals surface area contributed by atoms with Gasteiger partial charge >= 0.3 is 0 Å². The lowest BCUT2D eigenvalue weighted by Crippen LogP contribution is -2.42. The maximum Gasteiger partial charge on any atom is 0.237 e. The zero-order chi connectivity index (χ0) is 15.1. The van der Waals surface area contributed by atoms with Crippen molar-refractivity contribution in [3.8, 4) is 5.75 Å². The quantitative estimate of drug-likeness (QED) is 0.739. The van der Waals surface area contributed by atoms with Crippen LogP contribution in [0.3, 0.4) is 0 Å². The molecule has 0 fully saturated rings. The first kappa shape index (κ1) is 15.0. The summed E-state index contributed by atoms with van der Waals surface area (Å²) < 4.78 is 0. The number of aromatic hydroxyl groups is 1. The van der Waals surface area contributed by atoms with Crippen molar-refractivity contribution < 1.29 is 9.90 Å². The number of amides is 1. The van der Waals surface area contributed by atoms with Gasteiger partial charge < -0.3 is 16.2 Å². The van der Waals surface area contributed by atoms with Crippen LogP contribution in [0.25, 0.3) is 0 Å². The zero-order valence-corrected chi connectivity index (χ0v) is 11.7. The minimum Gasteiger partial charge on any atom is -0.508 e. The number of carbonyl (C=O) groups is 1. The Morgan fingerprint density at radius 1 is 1.14 bits per heavy atom. The molecular formula is C16H19N3O2. The summed E-state index contributed by atoms with van der Waals surface area (Å²) in [4.78, 5) is 15.8. The van der Waals surface area contributed by atoms with Gasteiger partial charge in [-0.3, -0.25) is 9.78 Å². The molecule has 5 heteroatoms. The third kappa shape index (κ3) is 4.89. The molecule has 1 amide bonds. The van der Waals surface area contributed by atoms with Crippen LogP contribution in [0, 0.1) is 0 Å². The molecule has 0 unspecified atom stereocenters. The molecule has 2 aromatic rings. The van der Waals surface area contributed by atoms with E-state index in [4.69, 9.17) is 5.73 Å². The van der Waals surface area contributed by atoms with Crippen molar-refractivity contribution in [2.75, 3.05) is 6.54 Å². The maximum atomic E-state index is 11.9. The van der Waals surface area contributed by atoms with Crippen LogP contribution in [0.1, 0.15) is 11.1 Å². The number of rotatable bonds is 6. The summed E-state index contributed by atoms with van der Waals surface area (Å²) in [7, 11) is 0. The standard InChI is InChI=1S/C16H19N3O2/c17-15(11-13-5-8-18-9-6-13)16(21)19-10-7-12-1-3-14(20)4-2-12/h1-6,8-9,15,20H,7,10-11,17H2,(H,19,21)/t15-/m0/s1. The van der Waals surface area contributed by atoms with Gasteiger partial charge in [0.1, 0.15) is 5.75 Å². The van der Waals surface area contributed by atoms with Crippen molar-refractivity contribution in [2.45, 2.75) is 18.9 Å². The van der Waals surface area contributed by atoms with Crippen LogP contribution in [-0.4, -0.2) is 28.6 Å². The summed E-state index contributed by atoms with van der Waals surface area (Å²) in [5.41, 5.74) is 7.93. The van der Waals surface area contributed by atoms with E-state index >= 15 is 0 Å². The second kappa shape index (κ2) is 7.40. The van der Waals surface area contributed by atoms with Crippen molar-refractivity contribution in [3.05, 3.63) is 59.9 Å². The third-order valence-corrected chi connectivity index (χ3v) is 3.19. The van der Waals surface area contributed by atoms with Crippen molar-refractivity contribution in [1.29, 1.82) is 0 Å². The lowest BCUT2D eigenvalue weighted by Gasteiger charge is -2.12. The van der Waals surface area contributed by atoms with Crippen LogP contribution in [0.4, 0.5) is 0 Å². The first-order chi connectivity index (χ1) is 10.1. The van der Waals surface area contributed by atoms with E-state index in [1.165, 1.54) is 0 Å². The Balaban J connectivity index is 1.75. The van der Waals surface area contributed by atoms with E-state index < -0.39 is 6.04 Å². The molecule has 21 heavy (non-hydrogen) atoms. The molecule has 4 N–H and O–H groups in total. The van der Waals surface area contributed by atoms with Crippen LogP contribution in [0.5, 0.6) is 5.75 Å². The second-order valence-corrected chi connectivity index (χ2v) is 4.87. The molecule has 0 saturated carbocycles. The molecule has 0 radical (unpaired) electrons. The molecule has 0 aliphatic carbocycles. The summed E-state index contributed by atoms with van der Waals surface area (Å²) in [6.07, 6.45) is 4.57. The number of carbonyl (C=O) groups excluding carboxylic acids is 1. The van der Waals surface area contributed by atoms with Gasteiger partial charge in [0.25, 0.3) is 0 Å². The zero-order valence-electron chi connectivity index (χ0n) is 11.7. The lowest BCUT2D eigenvalue weighted by molar-refractivity contribution is -0.122. The molecule has 0 aliphatic rings. The summed E-state index contributed by atoms with van der Waals surface area (Å²) in [6, 6.07) is 10.1. The highest BCUT2D eigenvalue weighted by Crippen LogP contribution is 2.09. The monoisotopic (exact) mass is 285 g/mol. The fourth-order valence-corrected chi connectivity index (χ4v) is 1.99. The van der Waals surface area contributed by atoms with Crippen LogP contribution >= 0.6 is 0 Å². The van der Waals surface area contributed by atoms with Crippen LogP contribution < -0.4 is 11.1 Å². The highest BCUT2D eigenvalue weighted by molar-refractivity contribution is 5.81. The van der Waals surface area contributed by atoms with Gasteiger partial charge in [-0.05, 0) is 48.2 Å². The first-order valence-corrected chi connectivity index (χ1v) is 6.85. The Labute approximate surface area is 123 Å². The first-order valence-electron chi connectivity index (χ1n) is 6.85. The normalized spacial score (nSPS) is 11.9. The van der Waals surface area contributed by atoms with E-state index in [0.29, 0.717) is 19.4 Å². The molecule has 2 rings (SSSR count). The number of pyridine rings is 1. The van der Waals surface area contributed by atoms with Crippen molar-refractivity contribution in [2.24, 2.45) is 5.73 Å². The number of nitrogens with one attached hydrogen (secondary N) is 1. The van der Waals surface area contributed by atoms with E-state index in [9.17, 15) is 9.90 Å². The average Bonchev–Trinajstić information content (AvgIpc) is 2.50. The van der Waals surface area contributed by atoms with Crippen molar-refractivity contribution in [1.82, 2.24) is 10.3 Å². The van der Waals surface area contributed by atoms with E-state index in [0.717, 1.165) is 11.1 Å². The van der Waals surface area contributed by atoms with E-state index in [1.807, 2.05) is 24.3 Å². The van der Waals surface area contributed by atoms with Gasteiger partial charge in [0.05, 0.1) is 6.04 Å². The number of phenolic OH excluding ortho intramolecular Hbond substituents is 1.